The highest BCUT2D eigenvalue weighted by molar-refractivity contribution is 9.09. The summed E-state index contributed by atoms with van der Waals surface area (Å²) in [6.45, 7) is 4.28. The zero-order valence-electron chi connectivity index (χ0n) is 16.5. The molecular formula is C23H31BrO3. The molecule has 4 rings (SSSR count). The Morgan fingerprint density at radius 2 is 2.04 bits per heavy atom. The van der Waals surface area contributed by atoms with Crippen molar-refractivity contribution in [3.8, 4) is 11.5 Å². The van der Waals surface area contributed by atoms with Crippen LogP contribution in [0.15, 0.2) is 12.1 Å². The fourth-order valence-corrected chi connectivity index (χ4v) is 6.12. The van der Waals surface area contributed by atoms with Gasteiger partial charge in [0, 0.05) is 35.6 Å². The van der Waals surface area contributed by atoms with Crippen LogP contribution in [0.3, 0.4) is 0 Å². The van der Waals surface area contributed by atoms with Gasteiger partial charge in [-0.2, -0.15) is 0 Å². The Balaban J connectivity index is 1.71. The lowest BCUT2D eigenvalue weighted by Gasteiger charge is -2.48. The molecule has 3 nitrogen and oxygen atoms in total. The van der Waals surface area contributed by atoms with Crippen LogP contribution in [0.4, 0.5) is 0 Å². The predicted molar refractivity (Wildman–Crippen MR) is 111 cm³/mol. The third-order valence-corrected chi connectivity index (χ3v) is 7.95. The third-order valence-electron chi connectivity index (χ3n) is 7.39. The Morgan fingerprint density at radius 3 is 2.70 bits per heavy atom. The normalized spacial score (nSPS) is 27.9. The Bertz CT molecular complexity index is 735. The number of benzene rings is 1. The molecule has 2 atom stereocenters. The van der Waals surface area contributed by atoms with Gasteiger partial charge in [-0.3, -0.25) is 4.79 Å². The van der Waals surface area contributed by atoms with E-state index in [0.29, 0.717) is 24.4 Å². The van der Waals surface area contributed by atoms with Crippen molar-refractivity contribution >= 4 is 21.7 Å². The summed E-state index contributed by atoms with van der Waals surface area (Å²) in [5.41, 5.74) is 2.01. The van der Waals surface area contributed by atoms with Gasteiger partial charge in [0.2, 0.25) is 0 Å². The van der Waals surface area contributed by atoms with Crippen LogP contribution in [0.1, 0.15) is 88.7 Å². The number of Topliss-reactive ketones (excluding diaryl/α,β-unsaturated/α-hetero) is 1. The van der Waals surface area contributed by atoms with Crippen LogP contribution in [0.2, 0.25) is 0 Å². The average Bonchev–Trinajstić information content (AvgIpc) is 2.55. The van der Waals surface area contributed by atoms with Crippen molar-refractivity contribution in [2.24, 2.45) is 5.92 Å². The molecule has 3 aliphatic rings. The number of hydrogen-bond donors (Lipinski definition) is 1. The van der Waals surface area contributed by atoms with Gasteiger partial charge < -0.3 is 9.84 Å². The number of ketones is 1. The van der Waals surface area contributed by atoms with Crippen molar-refractivity contribution in [3.05, 3.63) is 23.3 Å². The highest BCUT2D eigenvalue weighted by Crippen LogP contribution is 2.56. The molecule has 0 aromatic heterocycles. The first-order chi connectivity index (χ1) is 12.9. The first kappa shape index (κ1) is 19.3. The second-order valence-electron chi connectivity index (χ2n) is 9.39. The number of phenolic OH excluding ortho intramolecular Hbond substituents is 1. The monoisotopic (exact) mass is 434 g/mol. The summed E-state index contributed by atoms with van der Waals surface area (Å²) in [6.07, 6.45) is 9.24. The van der Waals surface area contributed by atoms with Crippen molar-refractivity contribution in [2.75, 3.05) is 5.33 Å². The van der Waals surface area contributed by atoms with Gasteiger partial charge >= 0.3 is 0 Å². The van der Waals surface area contributed by atoms with E-state index in [1.54, 1.807) is 0 Å². The minimum atomic E-state index is -0.299. The van der Waals surface area contributed by atoms with Crippen LogP contribution in [0.25, 0.3) is 0 Å². The number of unbranched alkanes of at least 4 members (excludes halogenated alkanes) is 1. The molecule has 1 aromatic rings. The number of phenols is 1. The number of aromatic hydroxyl groups is 1. The quantitative estimate of drug-likeness (QED) is 0.456. The second kappa shape index (κ2) is 7.09. The molecule has 4 heteroatoms. The molecule has 0 amide bonds. The van der Waals surface area contributed by atoms with Crippen molar-refractivity contribution in [1.29, 1.82) is 0 Å². The van der Waals surface area contributed by atoms with Gasteiger partial charge in [0.1, 0.15) is 22.9 Å². The molecule has 1 heterocycles. The molecule has 0 bridgehead atoms. The van der Waals surface area contributed by atoms with Gasteiger partial charge in [-0.1, -0.05) is 28.8 Å². The van der Waals surface area contributed by atoms with Gasteiger partial charge in [0.05, 0.1) is 0 Å². The molecule has 1 aliphatic heterocycles. The van der Waals surface area contributed by atoms with Crippen molar-refractivity contribution in [1.82, 2.24) is 0 Å². The Morgan fingerprint density at radius 1 is 1.26 bits per heavy atom. The fourth-order valence-electron chi connectivity index (χ4n) is 5.72. The van der Waals surface area contributed by atoms with Crippen LogP contribution in [0.5, 0.6) is 11.5 Å². The van der Waals surface area contributed by atoms with E-state index in [1.807, 2.05) is 6.07 Å². The number of rotatable bonds is 5. The molecule has 0 radical (unpaired) electrons. The van der Waals surface area contributed by atoms with E-state index < -0.39 is 0 Å². The predicted octanol–water partition coefficient (Wildman–Crippen LogP) is 6.00. The van der Waals surface area contributed by atoms with Crippen LogP contribution >= 0.6 is 15.9 Å². The molecule has 27 heavy (non-hydrogen) atoms. The maximum Gasteiger partial charge on any atom is 0.133 e. The number of halogens is 1. The maximum atomic E-state index is 12.2. The molecule has 2 saturated carbocycles. The summed E-state index contributed by atoms with van der Waals surface area (Å²) in [7, 11) is 0. The molecular weight excluding hydrogens is 404 g/mol. The lowest BCUT2D eigenvalue weighted by molar-refractivity contribution is -0.124. The van der Waals surface area contributed by atoms with E-state index >= 15 is 0 Å². The van der Waals surface area contributed by atoms with Crippen molar-refractivity contribution < 1.29 is 14.6 Å². The zero-order chi connectivity index (χ0) is 19.2. The minimum Gasteiger partial charge on any atom is -0.508 e. The minimum absolute atomic E-state index is 0.0878. The largest absolute Gasteiger partial charge is 0.508 e. The van der Waals surface area contributed by atoms with Crippen molar-refractivity contribution in [3.63, 3.8) is 0 Å². The van der Waals surface area contributed by atoms with E-state index in [-0.39, 0.29) is 22.9 Å². The molecule has 1 N–H and O–H groups in total. The second-order valence-corrected chi connectivity index (χ2v) is 10.2. The topological polar surface area (TPSA) is 46.5 Å². The summed E-state index contributed by atoms with van der Waals surface area (Å²) < 4.78 is 6.46. The van der Waals surface area contributed by atoms with E-state index in [4.69, 9.17) is 4.74 Å². The molecule has 148 valence electrons. The molecule has 0 saturated heterocycles. The highest BCUT2D eigenvalue weighted by Gasteiger charge is 2.48. The number of ether oxygens (including phenoxy) is 1. The number of carbonyl (C=O) groups is 1. The summed E-state index contributed by atoms with van der Waals surface area (Å²) in [4.78, 5) is 12.2. The summed E-state index contributed by atoms with van der Waals surface area (Å²) in [5.74, 6) is 1.85. The van der Waals surface area contributed by atoms with Crippen LogP contribution in [-0.4, -0.2) is 21.8 Å². The highest BCUT2D eigenvalue weighted by atomic mass is 79.9. The molecule has 0 unspecified atom stereocenters. The lowest BCUT2D eigenvalue weighted by Crippen LogP contribution is -2.47. The zero-order valence-corrected chi connectivity index (χ0v) is 18.1. The van der Waals surface area contributed by atoms with E-state index in [9.17, 15) is 9.90 Å². The van der Waals surface area contributed by atoms with Crippen LogP contribution in [0, 0.1) is 5.92 Å². The number of hydrogen-bond acceptors (Lipinski definition) is 3. The van der Waals surface area contributed by atoms with Crippen LogP contribution in [-0.2, 0) is 10.2 Å². The fraction of sp³-hybridized carbons (Fsp3) is 0.696. The molecule has 1 aromatic carbocycles. The molecule has 2 fully saturated rings. The standard InChI is InChI=1S/C23H31BrO3/c1-22(2)18-7-6-16(25)14-17(18)21-19(26)12-15(13-20(21)27-22)23(9-5-10-23)8-3-4-11-24/h12-13,17-18,26H,3-11,14H2,1-2H3/t17-,18-/m1/s1. The maximum absolute atomic E-state index is 12.2. The Kier molecular flexibility index (Phi) is 5.07. The van der Waals surface area contributed by atoms with E-state index in [2.05, 4.69) is 35.8 Å². The summed E-state index contributed by atoms with van der Waals surface area (Å²) >= 11 is 3.54. The summed E-state index contributed by atoms with van der Waals surface area (Å²) in [5, 5.41) is 12.0. The van der Waals surface area contributed by atoms with E-state index in [0.717, 1.165) is 23.1 Å². The molecule has 0 spiro atoms. The van der Waals surface area contributed by atoms with Gasteiger partial charge in [0.25, 0.3) is 0 Å². The van der Waals surface area contributed by atoms with Gasteiger partial charge in [-0.25, -0.2) is 0 Å². The third kappa shape index (κ3) is 3.32. The summed E-state index contributed by atoms with van der Waals surface area (Å²) in [6, 6.07) is 4.18. The van der Waals surface area contributed by atoms with Crippen LogP contribution < -0.4 is 4.74 Å². The number of fused-ring (bicyclic) bond motifs is 3. The van der Waals surface area contributed by atoms with Gasteiger partial charge in [-0.15, -0.1) is 0 Å². The lowest BCUT2D eigenvalue weighted by atomic mass is 9.61. The number of alkyl halides is 1. The Hall–Kier alpha value is -1.03. The SMILES string of the molecule is CC1(C)Oc2cc(C3(CCCCBr)CCC3)cc(O)c2[C@@H]2CC(=O)CC[C@H]21. The van der Waals surface area contributed by atoms with Crippen molar-refractivity contribution in [2.45, 2.75) is 88.6 Å². The van der Waals surface area contributed by atoms with Gasteiger partial charge in [-0.05, 0) is 69.1 Å². The first-order valence-corrected chi connectivity index (χ1v) is 11.6. The first-order valence-electron chi connectivity index (χ1n) is 10.5. The number of carbonyl (C=O) groups excluding carboxylic acids is 1. The Labute approximate surface area is 171 Å². The smallest absolute Gasteiger partial charge is 0.133 e. The van der Waals surface area contributed by atoms with E-state index in [1.165, 1.54) is 44.1 Å². The average molecular weight is 435 g/mol. The van der Waals surface area contributed by atoms with Gasteiger partial charge in [0.15, 0.2) is 0 Å². The molecule has 2 aliphatic carbocycles.